The molecule has 0 aromatic rings. The summed E-state index contributed by atoms with van der Waals surface area (Å²) >= 11 is 0. The maximum Gasteiger partial charge on any atom is 0.472 e. The number of ether oxygens (including phenoxy) is 4. The normalized spacial score (nSPS) is 14.4. The van der Waals surface area contributed by atoms with E-state index in [2.05, 4.69) is 55.4 Å². The molecule has 3 unspecified atom stereocenters. The Morgan fingerprint density at radius 2 is 0.500 bits per heavy atom. The van der Waals surface area contributed by atoms with E-state index in [9.17, 15) is 43.2 Å². The fourth-order valence-corrected chi connectivity index (χ4v) is 13.3. The quantitative estimate of drug-likeness (QED) is 0.0222. The fraction of sp³-hybridized carbons (Fsp3) is 0.948. The minimum absolute atomic E-state index is 0.105. The maximum absolute atomic E-state index is 13.1. The van der Waals surface area contributed by atoms with Gasteiger partial charge in [-0.3, -0.25) is 37.3 Å². The number of unbranched alkanes of at least 4 members (excludes halogenated alkanes) is 39. The van der Waals surface area contributed by atoms with Crippen LogP contribution < -0.4 is 0 Å². The van der Waals surface area contributed by atoms with Crippen LogP contribution >= 0.6 is 15.6 Å². The van der Waals surface area contributed by atoms with Crippen LogP contribution in [0, 0.1) is 23.7 Å². The summed E-state index contributed by atoms with van der Waals surface area (Å²) in [5.41, 5.74) is 0. The van der Waals surface area contributed by atoms with Crippen molar-refractivity contribution >= 4 is 39.5 Å². The average Bonchev–Trinajstić information content (AvgIpc) is 2.48. The van der Waals surface area contributed by atoms with E-state index in [1.807, 2.05) is 0 Å². The molecule has 0 aliphatic carbocycles. The van der Waals surface area contributed by atoms with Gasteiger partial charge in [-0.25, -0.2) is 9.13 Å². The van der Waals surface area contributed by atoms with E-state index >= 15 is 0 Å². The van der Waals surface area contributed by atoms with Crippen molar-refractivity contribution in [2.45, 2.75) is 408 Å². The molecule has 0 aromatic carbocycles. The standard InChI is InChI=1S/C77H150O17P2/c1-9-70(8)56-48-40-35-36-42-50-58-75(80)88-64-73(94-77(82)60-52-44-34-28-22-21-25-31-39-47-55-69(6)7)66-92-96(85,86)90-62-71(78)61-89-95(83,84)91-65-72(93-76(81)59-51-43-33-27-20-16-12-14-18-24-30-38-46-54-68(4)5)63-87-74(79)57-49-41-32-26-19-15-11-10-13-17-23-29-37-45-53-67(2)3/h67-73,78H,9-66H2,1-8H3,(H,83,84)(H,85,86)/t70?,71-,72-,73-/m1/s1. The fourth-order valence-electron chi connectivity index (χ4n) is 11.7. The highest BCUT2D eigenvalue weighted by Crippen LogP contribution is 2.45. The minimum Gasteiger partial charge on any atom is -0.462 e. The molecule has 570 valence electrons. The number of aliphatic hydroxyl groups excluding tert-OH is 1. The van der Waals surface area contributed by atoms with Crippen molar-refractivity contribution in [3.63, 3.8) is 0 Å². The SMILES string of the molecule is CCC(C)CCCCCCCCC(=O)OC[C@H](COP(=O)(O)OC[C@H](O)COP(=O)(O)OC[C@@H](COC(=O)CCCCCCCCCCCCCCCCC(C)C)OC(=O)CCCCCCCCCCCCCCCC(C)C)OC(=O)CCCCCCCCCCCCC(C)C. The van der Waals surface area contributed by atoms with Gasteiger partial charge in [0.05, 0.1) is 26.4 Å². The predicted molar refractivity (Wildman–Crippen MR) is 391 cm³/mol. The number of phosphoric acid groups is 2. The van der Waals surface area contributed by atoms with Crippen LogP contribution in [0.25, 0.3) is 0 Å². The Kier molecular flexibility index (Phi) is 65.0. The number of carbonyl (C=O) groups excluding carboxylic acids is 4. The first-order chi connectivity index (χ1) is 46.1. The van der Waals surface area contributed by atoms with Gasteiger partial charge in [0.25, 0.3) is 0 Å². The molecule has 0 radical (unpaired) electrons. The molecule has 0 aliphatic rings. The van der Waals surface area contributed by atoms with Gasteiger partial charge < -0.3 is 33.8 Å². The molecule has 6 atom stereocenters. The van der Waals surface area contributed by atoms with Crippen molar-refractivity contribution in [1.29, 1.82) is 0 Å². The Balaban J connectivity index is 5.25. The van der Waals surface area contributed by atoms with Gasteiger partial charge in [0.15, 0.2) is 12.2 Å². The topological polar surface area (TPSA) is 237 Å². The molecule has 0 rings (SSSR count). The van der Waals surface area contributed by atoms with E-state index in [0.717, 1.165) is 120 Å². The Morgan fingerprint density at radius 3 is 0.740 bits per heavy atom. The van der Waals surface area contributed by atoms with E-state index < -0.39 is 97.5 Å². The molecule has 19 heteroatoms. The van der Waals surface area contributed by atoms with Gasteiger partial charge >= 0.3 is 39.5 Å². The zero-order chi connectivity index (χ0) is 71.0. The first-order valence-corrected chi connectivity index (χ1v) is 42.7. The van der Waals surface area contributed by atoms with Gasteiger partial charge in [-0.1, -0.05) is 338 Å². The van der Waals surface area contributed by atoms with Gasteiger partial charge in [-0.05, 0) is 49.4 Å². The van der Waals surface area contributed by atoms with E-state index in [0.29, 0.717) is 25.7 Å². The summed E-state index contributed by atoms with van der Waals surface area (Å²) in [4.78, 5) is 72.9. The van der Waals surface area contributed by atoms with E-state index in [1.165, 1.54) is 186 Å². The van der Waals surface area contributed by atoms with Crippen LogP contribution in [0.15, 0.2) is 0 Å². The molecule has 0 heterocycles. The highest BCUT2D eigenvalue weighted by atomic mass is 31.2. The van der Waals surface area contributed by atoms with Crippen molar-refractivity contribution in [2.24, 2.45) is 23.7 Å². The summed E-state index contributed by atoms with van der Waals surface area (Å²) in [6.07, 6.45) is 51.3. The Morgan fingerprint density at radius 1 is 0.292 bits per heavy atom. The summed E-state index contributed by atoms with van der Waals surface area (Å²) in [7, 11) is -9.92. The molecule has 0 fully saturated rings. The van der Waals surface area contributed by atoms with Crippen LogP contribution in [0.1, 0.15) is 389 Å². The van der Waals surface area contributed by atoms with Crippen molar-refractivity contribution in [3.8, 4) is 0 Å². The maximum atomic E-state index is 13.1. The number of hydrogen-bond acceptors (Lipinski definition) is 15. The molecule has 96 heavy (non-hydrogen) atoms. The molecule has 3 N–H and O–H groups in total. The van der Waals surface area contributed by atoms with E-state index in [4.69, 9.17) is 37.0 Å². The largest absolute Gasteiger partial charge is 0.472 e. The van der Waals surface area contributed by atoms with Crippen LogP contribution in [0.2, 0.25) is 0 Å². The first kappa shape index (κ1) is 94.1. The Labute approximate surface area is 588 Å². The van der Waals surface area contributed by atoms with E-state index in [1.54, 1.807) is 0 Å². The molecule has 0 spiro atoms. The third kappa shape index (κ3) is 69.2. The molecule has 0 saturated heterocycles. The number of esters is 4. The summed E-state index contributed by atoms with van der Waals surface area (Å²) in [5, 5.41) is 10.6. The molecule has 0 aromatic heterocycles. The number of carbonyl (C=O) groups is 4. The van der Waals surface area contributed by atoms with Crippen LogP contribution in [0.4, 0.5) is 0 Å². The lowest BCUT2D eigenvalue weighted by Gasteiger charge is -2.21. The summed E-state index contributed by atoms with van der Waals surface area (Å²) < 4.78 is 68.6. The Bertz CT molecular complexity index is 1890. The summed E-state index contributed by atoms with van der Waals surface area (Å²) in [5.74, 6) is 0.949. The monoisotopic (exact) mass is 1410 g/mol. The first-order valence-electron chi connectivity index (χ1n) is 39.7. The smallest absolute Gasteiger partial charge is 0.462 e. The highest BCUT2D eigenvalue weighted by molar-refractivity contribution is 7.47. The van der Waals surface area contributed by atoms with Crippen molar-refractivity contribution in [3.05, 3.63) is 0 Å². The van der Waals surface area contributed by atoms with Gasteiger partial charge in [0, 0.05) is 25.7 Å². The second-order valence-corrected chi connectivity index (χ2v) is 32.3. The van der Waals surface area contributed by atoms with E-state index in [-0.39, 0.29) is 25.7 Å². The molecule has 0 bridgehead atoms. The second-order valence-electron chi connectivity index (χ2n) is 29.4. The highest BCUT2D eigenvalue weighted by Gasteiger charge is 2.30. The molecular formula is C77H150O17P2. The lowest BCUT2D eigenvalue weighted by molar-refractivity contribution is -0.161. The number of hydrogen-bond donors (Lipinski definition) is 3. The zero-order valence-corrected chi connectivity index (χ0v) is 64.8. The van der Waals surface area contributed by atoms with Crippen LogP contribution in [0.3, 0.4) is 0 Å². The van der Waals surface area contributed by atoms with Gasteiger partial charge in [-0.15, -0.1) is 0 Å². The average molecular weight is 1410 g/mol. The van der Waals surface area contributed by atoms with Crippen molar-refractivity contribution in [1.82, 2.24) is 0 Å². The number of aliphatic hydroxyl groups is 1. The van der Waals surface area contributed by atoms with Crippen molar-refractivity contribution < 1.29 is 80.2 Å². The summed E-state index contributed by atoms with van der Waals surface area (Å²) in [6, 6.07) is 0. The van der Waals surface area contributed by atoms with Gasteiger partial charge in [0.2, 0.25) is 0 Å². The summed E-state index contributed by atoms with van der Waals surface area (Å²) in [6.45, 7) is 14.2. The van der Waals surface area contributed by atoms with Crippen LogP contribution in [0.5, 0.6) is 0 Å². The predicted octanol–water partition coefficient (Wildman–Crippen LogP) is 22.4. The number of rotatable bonds is 74. The van der Waals surface area contributed by atoms with Crippen molar-refractivity contribution in [2.75, 3.05) is 39.6 Å². The van der Waals surface area contributed by atoms with Crippen LogP contribution in [-0.2, 0) is 65.4 Å². The number of phosphoric ester groups is 2. The zero-order valence-electron chi connectivity index (χ0n) is 63.0. The second kappa shape index (κ2) is 66.3. The Hall–Kier alpha value is -1.94. The van der Waals surface area contributed by atoms with Gasteiger partial charge in [0.1, 0.15) is 19.3 Å². The lowest BCUT2D eigenvalue weighted by atomic mass is 10.00. The minimum atomic E-state index is -4.96. The lowest BCUT2D eigenvalue weighted by Crippen LogP contribution is -2.30. The molecule has 0 amide bonds. The van der Waals surface area contributed by atoms with Gasteiger partial charge in [-0.2, -0.15) is 0 Å². The molecule has 17 nitrogen and oxygen atoms in total. The third-order valence-corrected chi connectivity index (χ3v) is 20.1. The third-order valence-electron chi connectivity index (χ3n) is 18.2. The molecular weight excluding hydrogens is 1260 g/mol. The molecule has 0 aliphatic heterocycles. The van der Waals surface area contributed by atoms with Crippen LogP contribution in [-0.4, -0.2) is 96.7 Å². The molecule has 0 saturated carbocycles.